The van der Waals surface area contributed by atoms with E-state index in [2.05, 4.69) is 20.6 Å². The zero-order valence-electron chi connectivity index (χ0n) is 16.9. The zero-order valence-corrected chi connectivity index (χ0v) is 17.7. The van der Waals surface area contributed by atoms with Crippen LogP contribution in [0.4, 0.5) is 13.2 Å². The van der Waals surface area contributed by atoms with Crippen LogP contribution in [-0.2, 0) is 15.8 Å². The van der Waals surface area contributed by atoms with Gasteiger partial charge in [-0.15, -0.1) is 0 Å². The molecule has 0 saturated carbocycles. The third kappa shape index (κ3) is 6.78. The highest BCUT2D eigenvalue weighted by molar-refractivity contribution is 6.31. The van der Waals surface area contributed by atoms with Crippen molar-refractivity contribution >= 4 is 29.2 Å². The number of ketones is 1. The van der Waals surface area contributed by atoms with Crippen molar-refractivity contribution in [3.05, 3.63) is 47.0 Å². The number of fused-ring (bicyclic) bond motifs is 1. The Labute approximate surface area is 190 Å². The molecule has 176 valence electrons. The minimum atomic E-state index is -4.66. The molecule has 1 aliphatic rings. The molecular weight excluding hydrogens is 469 g/mol. The molecule has 13 heteroatoms. The van der Waals surface area contributed by atoms with Gasteiger partial charge in [0.15, 0.2) is 24.2 Å². The average Bonchev–Trinajstić information content (AvgIpc) is 2.77. The minimum Gasteiger partial charge on any atom is -0.481 e. The fourth-order valence-corrected chi connectivity index (χ4v) is 2.99. The second-order valence-electron chi connectivity index (χ2n) is 6.90. The van der Waals surface area contributed by atoms with Crippen LogP contribution < -0.4 is 20.1 Å². The number of alkyl halides is 3. The zero-order chi connectivity index (χ0) is 24.0. The largest absolute Gasteiger partial charge is 0.481 e. The van der Waals surface area contributed by atoms with Gasteiger partial charge in [0, 0.05) is 18.1 Å². The highest BCUT2D eigenvalue weighted by Crippen LogP contribution is 2.30. The van der Waals surface area contributed by atoms with Crippen molar-refractivity contribution in [2.45, 2.75) is 25.1 Å². The van der Waals surface area contributed by atoms with Crippen molar-refractivity contribution in [2.75, 3.05) is 19.7 Å². The molecule has 0 aliphatic carbocycles. The lowest BCUT2D eigenvalue weighted by atomic mass is 10.0. The third-order valence-electron chi connectivity index (χ3n) is 4.40. The lowest BCUT2D eigenvalue weighted by Gasteiger charge is -2.24. The molecule has 2 aromatic rings. The number of carbonyl (C=O) groups is 3. The molecule has 1 aromatic heterocycles. The van der Waals surface area contributed by atoms with Crippen LogP contribution >= 0.6 is 11.6 Å². The van der Waals surface area contributed by atoms with Crippen molar-refractivity contribution in [1.82, 2.24) is 20.6 Å². The van der Waals surface area contributed by atoms with E-state index in [0.29, 0.717) is 22.8 Å². The number of ether oxygens (including phenoxy) is 2. The number of rotatable bonds is 8. The first-order chi connectivity index (χ1) is 15.6. The van der Waals surface area contributed by atoms with E-state index in [9.17, 15) is 27.6 Å². The normalized spacial score (nSPS) is 15.3. The maximum absolute atomic E-state index is 12.4. The van der Waals surface area contributed by atoms with Gasteiger partial charge in [-0.1, -0.05) is 11.6 Å². The molecule has 0 saturated heterocycles. The van der Waals surface area contributed by atoms with Gasteiger partial charge in [0.05, 0.1) is 24.4 Å². The molecule has 0 radical (unpaired) electrons. The van der Waals surface area contributed by atoms with Gasteiger partial charge in [-0.25, -0.2) is 9.97 Å². The number of hydrogen-bond acceptors (Lipinski definition) is 7. The molecule has 3 rings (SSSR count). The van der Waals surface area contributed by atoms with Gasteiger partial charge >= 0.3 is 6.18 Å². The highest BCUT2D eigenvalue weighted by atomic mass is 35.5. The number of halogens is 4. The highest BCUT2D eigenvalue weighted by Gasteiger charge is 2.34. The van der Waals surface area contributed by atoms with Crippen LogP contribution in [0.1, 0.15) is 29.0 Å². The van der Waals surface area contributed by atoms with Crippen molar-refractivity contribution in [2.24, 2.45) is 0 Å². The Bertz CT molecular complexity index is 1030. The van der Waals surface area contributed by atoms with Crippen LogP contribution in [0.2, 0.25) is 5.02 Å². The van der Waals surface area contributed by atoms with E-state index < -0.39 is 36.5 Å². The summed E-state index contributed by atoms with van der Waals surface area (Å²) in [5.74, 6) is -2.32. The molecular formula is C20H18ClF3N4O5. The Morgan fingerprint density at radius 1 is 1.18 bits per heavy atom. The second kappa shape index (κ2) is 10.5. The number of benzene rings is 1. The Hall–Kier alpha value is -3.41. The second-order valence-corrected chi connectivity index (χ2v) is 7.33. The van der Waals surface area contributed by atoms with Gasteiger partial charge in [0.2, 0.25) is 5.82 Å². The van der Waals surface area contributed by atoms with Crippen molar-refractivity contribution in [1.29, 1.82) is 0 Å². The smallest absolute Gasteiger partial charge is 0.451 e. The maximum atomic E-state index is 12.4. The number of nitrogens with zero attached hydrogens (tertiary/aromatic N) is 2. The first-order valence-electron chi connectivity index (χ1n) is 9.69. The van der Waals surface area contributed by atoms with E-state index in [-0.39, 0.29) is 31.0 Å². The van der Waals surface area contributed by atoms with Gasteiger partial charge in [-0.2, -0.15) is 13.2 Å². The molecule has 1 aliphatic heterocycles. The topological polar surface area (TPSA) is 120 Å². The van der Waals surface area contributed by atoms with Crippen LogP contribution in [0.25, 0.3) is 0 Å². The van der Waals surface area contributed by atoms with E-state index in [1.54, 1.807) is 6.07 Å². The van der Waals surface area contributed by atoms with Crippen LogP contribution in [0.3, 0.4) is 0 Å². The standard InChI is InChI=1S/C20H18ClF3N4O5/c21-11-2-3-15-13(6-11)14(29)7-16(33-15)18(31)26-5-1-4-25-17(30)10-32-12-8-27-19(28-9-12)20(22,23)24/h2-3,6,8-9,16H,1,4-5,7,10H2,(H,25,30)(H,26,31)/t16-/m1/s1. The molecule has 1 aromatic carbocycles. The molecule has 0 bridgehead atoms. The van der Waals surface area contributed by atoms with Crippen molar-refractivity contribution in [3.63, 3.8) is 0 Å². The number of nitrogens with one attached hydrogen (secondary N) is 2. The Morgan fingerprint density at radius 3 is 2.58 bits per heavy atom. The molecule has 2 amide bonds. The van der Waals surface area contributed by atoms with Gasteiger partial charge in [-0.3, -0.25) is 14.4 Å². The van der Waals surface area contributed by atoms with E-state index in [4.69, 9.17) is 21.1 Å². The molecule has 33 heavy (non-hydrogen) atoms. The molecule has 9 nitrogen and oxygen atoms in total. The summed E-state index contributed by atoms with van der Waals surface area (Å²) in [6.07, 6.45) is -3.70. The lowest BCUT2D eigenvalue weighted by Crippen LogP contribution is -2.43. The van der Waals surface area contributed by atoms with Crippen LogP contribution in [0.5, 0.6) is 11.5 Å². The first-order valence-corrected chi connectivity index (χ1v) is 10.1. The number of aromatic nitrogens is 2. The maximum Gasteiger partial charge on any atom is 0.451 e. The van der Waals surface area contributed by atoms with Gasteiger partial charge in [-0.05, 0) is 24.6 Å². The summed E-state index contributed by atoms with van der Waals surface area (Å²) in [7, 11) is 0. The predicted octanol–water partition coefficient (Wildman–Crippen LogP) is 2.18. The van der Waals surface area contributed by atoms with Gasteiger partial charge in [0.1, 0.15) is 5.75 Å². The quantitative estimate of drug-likeness (QED) is 0.549. The van der Waals surface area contributed by atoms with Gasteiger partial charge in [0.25, 0.3) is 11.8 Å². The number of Topliss-reactive ketones (excluding diaryl/α,β-unsaturated/α-hetero) is 1. The number of carbonyl (C=O) groups excluding carboxylic acids is 3. The van der Waals surface area contributed by atoms with Crippen molar-refractivity contribution in [3.8, 4) is 11.5 Å². The summed E-state index contributed by atoms with van der Waals surface area (Å²) >= 11 is 5.87. The molecule has 0 fully saturated rings. The molecule has 1 atom stereocenters. The Kier molecular flexibility index (Phi) is 7.69. The van der Waals surface area contributed by atoms with E-state index in [0.717, 1.165) is 12.4 Å². The van der Waals surface area contributed by atoms with Crippen LogP contribution in [0, 0.1) is 0 Å². The average molecular weight is 487 g/mol. The summed E-state index contributed by atoms with van der Waals surface area (Å²) in [6.45, 7) is -0.0193. The SMILES string of the molecule is O=C(COc1cnc(C(F)(F)F)nc1)NCCCNC(=O)[C@H]1CC(=O)c2cc(Cl)ccc2O1. The van der Waals surface area contributed by atoms with E-state index in [1.165, 1.54) is 12.1 Å². The molecule has 2 heterocycles. The molecule has 0 unspecified atom stereocenters. The number of amides is 2. The van der Waals surface area contributed by atoms with Crippen LogP contribution in [-0.4, -0.2) is 53.4 Å². The monoisotopic (exact) mass is 486 g/mol. The molecule has 0 spiro atoms. The summed E-state index contributed by atoms with van der Waals surface area (Å²) in [4.78, 5) is 42.4. The fourth-order valence-electron chi connectivity index (χ4n) is 2.82. The fraction of sp³-hybridized carbons (Fsp3) is 0.350. The van der Waals surface area contributed by atoms with Crippen molar-refractivity contribution < 1.29 is 37.0 Å². The lowest BCUT2D eigenvalue weighted by molar-refractivity contribution is -0.145. The first kappa shape index (κ1) is 24.2. The van der Waals surface area contributed by atoms with E-state index >= 15 is 0 Å². The summed E-state index contributed by atoms with van der Waals surface area (Å²) in [5.41, 5.74) is 0.333. The third-order valence-corrected chi connectivity index (χ3v) is 4.64. The van der Waals surface area contributed by atoms with Gasteiger partial charge < -0.3 is 20.1 Å². The summed E-state index contributed by atoms with van der Waals surface area (Å²) in [6, 6.07) is 4.58. The van der Waals surface area contributed by atoms with E-state index in [1.807, 2.05) is 0 Å². The summed E-state index contributed by atoms with van der Waals surface area (Å²) in [5, 5.41) is 5.56. The predicted molar refractivity (Wildman–Crippen MR) is 108 cm³/mol. The van der Waals surface area contributed by atoms with Crippen LogP contribution in [0.15, 0.2) is 30.6 Å². The Balaban J connectivity index is 1.32. The molecule has 2 N–H and O–H groups in total. The Morgan fingerprint density at radius 2 is 1.88 bits per heavy atom. The minimum absolute atomic E-state index is 0.0868. The number of hydrogen-bond donors (Lipinski definition) is 2. The summed E-state index contributed by atoms with van der Waals surface area (Å²) < 4.78 is 47.8.